The molecule has 1 amide bonds. The minimum Gasteiger partial charge on any atom is -0.355 e. The van der Waals surface area contributed by atoms with Crippen molar-refractivity contribution in [1.82, 2.24) is 19.9 Å². The Hall–Kier alpha value is -3.69. The van der Waals surface area contributed by atoms with Gasteiger partial charge in [-0.05, 0) is 50.1 Å². The Labute approximate surface area is 227 Å². The predicted octanol–water partition coefficient (Wildman–Crippen LogP) is 5.73. The monoisotopic (exact) mass is 540 g/mol. The first-order valence-corrected chi connectivity index (χ1v) is 13.0. The van der Waals surface area contributed by atoms with Crippen LogP contribution >= 0.6 is 0 Å². The van der Waals surface area contributed by atoms with Crippen LogP contribution in [0.3, 0.4) is 0 Å². The lowest BCUT2D eigenvalue weighted by atomic mass is 9.83. The van der Waals surface area contributed by atoms with Crippen molar-refractivity contribution in [3.63, 3.8) is 0 Å². The molecule has 3 heterocycles. The van der Waals surface area contributed by atoms with Crippen molar-refractivity contribution in [2.45, 2.75) is 58.0 Å². The summed E-state index contributed by atoms with van der Waals surface area (Å²) in [6.45, 7) is 8.53. The van der Waals surface area contributed by atoms with Crippen LogP contribution in [0.5, 0.6) is 0 Å². The Morgan fingerprint density at radius 1 is 1.03 bits per heavy atom. The highest BCUT2D eigenvalue weighted by atomic mass is 19.4. The molecule has 208 valence electrons. The van der Waals surface area contributed by atoms with Gasteiger partial charge in [0.1, 0.15) is 17.5 Å². The van der Waals surface area contributed by atoms with Crippen molar-refractivity contribution >= 4 is 23.2 Å². The quantitative estimate of drug-likeness (QED) is 0.431. The van der Waals surface area contributed by atoms with E-state index < -0.39 is 17.2 Å². The molecular weight excluding hydrogens is 505 g/mol. The van der Waals surface area contributed by atoms with Gasteiger partial charge in [-0.2, -0.15) is 13.2 Å². The maximum atomic E-state index is 13.7. The molecule has 0 saturated heterocycles. The predicted molar refractivity (Wildman–Crippen MR) is 146 cm³/mol. The molecule has 4 rings (SSSR count). The number of rotatable bonds is 6. The zero-order chi connectivity index (χ0) is 28.5. The van der Waals surface area contributed by atoms with Gasteiger partial charge < -0.3 is 15.1 Å². The van der Waals surface area contributed by atoms with Gasteiger partial charge >= 0.3 is 6.18 Å². The van der Waals surface area contributed by atoms with Crippen molar-refractivity contribution < 1.29 is 18.0 Å². The molecule has 0 saturated carbocycles. The normalized spacial score (nSPS) is 14.2. The average molecular weight is 541 g/mol. The third-order valence-electron chi connectivity index (χ3n) is 7.08. The number of hydrogen-bond acceptors (Lipinski definition) is 6. The smallest absolute Gasteiger partial charge is 0.355 e. The molecule has 1 aliphatic rings. The van der Waals surface area contributed by atoms with Crippen LogP contribution in [0.1, 0.15) is 61.8 Å². The number of aromatic nitrogens is 3. The molecule has 7 nitrogen and oxygen atoms in total. The van der Waals surface area contributed by atoms with Gasteiger partial charge in [-0.15, -0.1) is 0 Å². The summed E-state index contributed by atoms with van der Waals surface area (Å²) in [6, 6.07) is 10.1. The van der Waals surface area contributed by atoms with E-state index in [9.17, 15) is 18.0 Å². The van der Waals surface area contributed by atoms with E-state index >= 15 is 0 Å². The molecule has 0 aliphatic carbocycles. The number of likely N-dealkylation sites (N-methyl/N-ethyl adjacent to an activating group) is 1. The minimum atomic E-state index is -4.49. The first-order valence-electron chi connectivity index (χ1n) is 13.0. The second-order valence-electron chi connectivity index (χ2n) is 10.9. The summed E-state index contributed by atoms with van der Waals surface area (Å²) in [5.41, 5.74) is 1.99. The summed E-state index contributed by atoms with van der Waals surface area (Å²) in [5, 5.41) is 3.42. The minimum absolute atomic E-state index is 0.0112. The molecule has 0 bridgehead atoms. The highest BCUT2D eigenvalue weighted by molar-refractivity contribution is 5.87. The van der Waals surface area contributed by atoms with Crippen molar-refractivity contribution in [3.05, 3.63) is 70.8 Å². The first-order chi connectivity index (χ1) is 18.3. The van der Waals surface area contributed by atoms with Crippen LogP contribution in [-0.4, -0.2) is 52.9 Å². The summed E-state index contributed by atoms with van der Waals surface area (Å²) in [6.07, 6.45) is -2.16. The van der Waals surface area contributed by atoms with E-state index in [4.69, 9.17) is 9.97 Å². The fourth-order valence-electron chi connectivity index (χ4n) is 4.85. The molecule has 0 fully saturated rings. The summed E-state index contributed by atoms with van der Waals surface area (Å²) >= 11 is 0. The molecular formula is C29H35F3N6O. The number of pyridine rings is 1. The molecule has 3 aromatic rings. The second kappa shape index (κ2) is 10.8. The Morgan fingerprint density at radius 2 is 1.69 bits per heavy atom. The van der Waals surface area contributed by atoms with E-state index in [0.29, 0.717) is 37.6 Å². The molecule has 1 aromatic carbocycles. The summed E-state index contributed by atoms with van der Waals surface area (Å²) < 4.78 is 41.0. The number of carbonyl (C=O) groups excluding carboxylic acids is 1. The van der Waals surface area contributed by atoms with E-state index in [-0.39, 0.29) is 17.6 Å². The Bertz CT molecular complexity index is 1340. The molecule has 0 atom stereocenters. The zero-order valence-corrected chi connectivity index (χ0v) is 23.2. The molecule has 1 aliphatic heterocycles. The van der Waals surface area contributed by atoms with Crippen molar-refractivity contribution in [1.29, 1.82) is 0 Å². The largest absolute Gasteiger partial charge is 0.419 e. The van der Waals surface area contributed by atoms with E-state index in [1.165, 1.54) is 12.3 Å². The number of nitrogens with one attached hydrogen (secondary N) is 1. The lowest BCUT2D eigenvalue weighted by Gasteiger charge is -2.27. The van der Waals surface area contributed by atoms with E-state index in [2.05, 4.69) is 10.3 Å². The average Bonchev–Trinajstić information content (AvgIpc) is 3.11. The van der Waals surface area contributed by atoms with Crippen LogP contribution in [0, 0.1) is 0 Å². The van der Waals surface area contributed by atoms with Crippen molar-refractivity contribution in [2.24, 2.45) is 0 Å². The Balaban J connectivity index is 1.64. The fourth-order valence-corrected chi connectivity index (χ4v) is 4.85. The van der Waals surface area contributed by atoms with Gasteiger partial charge in [0.05, 0.1) is 16.7 Å². The van der Waals surface area contributed by atoms with Gasteiger partial charge in [0, 0.05) is 57.0 Å². The maximum Gasteiger partial charge on any atom is 0.419 e. The third kappa shape index (κ3) is 5.99. The number of benzene rings is 1. The van der Waals surface area contributed by atoms with Crippen LogP contribution < -0.4 is 10.2 Å². The molecule has 2 aromatic heterocycles. The van der Waals surface area contributed by atoms with Crippen LogP contribution in [-0.2, 0) is 29.2 Å². The number of hydrogen-bond donors (Lipinski definition) is 1. The molecule has 39 heavy (non-hydrogen) atoms. The van der Waals surface area contributed by atoms with Gasteiger partial charge in [-0.25, -0.2) is 15.0 Å². The van der Waals surface area contributed by atoms with Gasteiger partial charge in [-0.1, -0.05) is 26.0 Å². The van der Waals surface area contributed by atoms with Gasteiger partial charge in [0.25, 0.3) is 0 Å². The lowest BCUT2D eigenvalue weighted by Crippen LogP contribution is -2.39. The summed E-state index contributed by atoms with van der Waals surface area (Å²) in [4.78, 5) is 29.6. The van der Waals surface area contributed by atoms with Gasteiger partial charge in [0.15, 0.2) is 0 Å². The maximum absolute atomic E-state index is 13.7. The van der Waals surface area contributed by atoms with Crippen molar-refractivity contribution in [2.75, 3.05) is 37.4 Å². The standard InChI is InChI=1S/C29H35F3N6O/c1-18(2)24-35-23-14-17-38(26-22(29(30,31)32)8-7-15-33-26)16-13-21(23)25(36-24)34-20-11-9-19(10-12-20)28(3,4)27(39)37(5)6/h7-12,15,18H,13-14,16-17H2,1-6H3,(H,34,35,36). The summed E-state index contributed by atoms with van der Waals surface area (Å²) in [7, 11) is 3.48. The number of halogens is 3. The highest BCUT2D eigenvalue weighted by Gasteiger charge is 2.36. The van der Waals surface area contributed by atoms with Gasteiger partial charge in [0.2, 0.25) is 5.91 Å². The van der Waals surface area contributed by atoms with Crippen LogP contribution in [0.15, 0.2) is 42.6 Å². The number of alkyl halides is 3. The van der Waals surface area contributed by atoms with E-state index in [1.54, 1.807) is 23.9 Å². The molecule has 10 heteroatoms. The Morgan fingerprint density at radius 3 is 2.31 bits per heavy atom. The van der Waals surface area contributed by atoms with Crippen molar-refractivity contribution in [3.8, 4) is 0 Å². The number of carbonyl (C=O) groups is 1. The fraction of sp³-hybridized carbons (Fsp3) is 0.448. The molecule has 0 spiro atoms. The Kier molecular flexibility index (Phi) is 7.86. The van der Waals surface area contributed by atoms with Gasteiger partial charge in [-0.3, -0.25) is 4.79 Å². The molecule has 1 N–H and O–H groups in total. The van der Waals surface area contributed by atoms with Crippen LogP contribution in [0.2, 0.25) is 0 Å². The number of amides is 1. The highest BCUT2D eigenvalue weighted by Crippen LogP contribution is 2.36. The first kappa shape index (κ1) is 28.3. The van der Waals surface area contributed by atoms with E-state index in [0.717, 1.165) is 28.6 Å². The van der Waals surface area contributed by atoms with Crippen LogP contribution in [0.4, 0.5) is 30.5 Å². The van der Waals surface area contributed by atoms with E-state index in [1.807, 2.05) is 52.0 Å². The lowest BCUT2D eigenvalue weighted by molar-refractivity contribution is -0.137. The molecule has 0 radical (unpaired) electrons. The number of fused-ring (bicyclic) bond motifs is 1. The number of nitrogens with zero attached hydrogens (tertiary/aromatic N) is 5. The summed E-state index contributed by atoms with van der Waals surface area (Å²) in [5.74, 6) is 1.35. The topological polar surface area (TPSA) is 74.2 Å². The SMILES string of the molecule is CC(C)c1nc2c(c(Nc3ccc(C(C)(C)C(=O)N(C)C)cc3)n1)CCN(c1ncccc1C(F)(F)F)CC2. The third-order valence-corrected chi connectivity index (χ3v) is 7.08. The second-order valence-corrected chi connectivity index (χ2v) is 10.9. The molecule has 0 unspecified atom stereocenters. The zero-order valence-electron chi connectivity index (χ0n) is 23.2. The van der Waals surface area contributed by atoms with Crippen LogP contribution in [0.25, 0.3) is 0 Å². The number of anilines is 3.